The van der Waals surface area contributed by atoms with Crippen molar-refractivity contribution >= 4 is 17.3 Å². The van der Waals surface area contributed by atoms with Crippen molar-refractivity contribution in [3.8, 4) is 0 Å². The molecule has 0 aromatic heterocycles. The number of carbonyl (C=O) groups is 1. The highest BCUT2D eigenvalue weighted by molar-refractivity contribution is 5.92. The molecule has 0 aliphatic rings. The Labute approximate surface area is 138 Å². The smallest absolute Gasteiger partial charge is 0.238 e. The average molecular weight is 311 g/mol. The molecule has 0 aliphatic heterocycles. The van der Waals surface area contributed by atoms with Crippen LogP contribution < -0.4 is 15.5 Å². The lowest BCUT2D eigenvalue weighted by molar-refractivity contribution is -0.115. The third kappa shape index (κ3) is 5.42. The molecule has 0 saturated carbocycles. The number of nitrogens with zero attached hydrogens (tertiary/aromatic N) is 1. The van der Waals surface area contributed by atoms with Crippen LogP contribution in [0.25, 0.3) is 0 Å². The summed E-state index contributed by atoms with van der Waals surface area (Å²) in [5.74, 6) is -0.0310. The number of nitrogens with one attached hydrogen (secondary N) is 2. The maximum Gasteiger partial charge on any atom is 0.238 e. The number of carbonyl (C=O) groups excluding carboxylic acids is 1. The molecule has 122 valence electrons. The molecule has 0 fully saturated rings. The summed E-state index contributed by atoms with van der Waals surface area (Å²) in [6, 6.07) is 18.0. The molecule has 4 heteroatoms. The van der Waals surface area contributed by atoms with E-state index in [9.17, 15) is 4.79 Å². The fraction of sp³-hybridized carbons (Fsp3) is 0.316. The van der Waals surface area contributed by atoms with Crippen LogP contribution in [0, 0.1) is 0 Å². The summed E-state index contributed by atoms with van der Waals surface area (Å²) in [5, 5.41) is 6.06. The molecule has 2 rings (SSSR count). The number of anilines is 2. The molecule has 2 aromatic carbocycles. The van der Waals surface area contributed by atoms with Gasteiger partial charge in [0.25, 0.3) is 0 Å². The topological polar surface area (TPSA) is 44.4 Å². The standard InChI is InChI=1S/C19H25N3O/c1-3-22(4-2)18-12-10-17(11-13-18)21-19(23)15-20-14-16-8-6-5-7-9-16/h5-13,20H,3-4,14-15H2,1-2H3,(H,21,23). The van der Waals surface area contributed by atoms with Crippen LogP contribution in [0.3, 0.4) is 0 Å². The highest BCUT2D eigenvalue weighted by Gasteiger charge is 2.04. The summed E-state index contributed by atoms with van der Waals surface area (Å²) >= 11 is 0. The summed E-state index contributed by atoms with van der Waals surface area (Å²) in [7, 11) is 0. The van der Waals surface area contributed by atoms with Gasteiger partial charge in [0.2, 0.25) is 5.91 Å². The Morgan fingerprint density at radius 1 is 0.957 bits per heavy atom. The Hall–Kier alpha value is -2.33. The molecule has 0 bridgehead atoms. The zero-order valence-corrected chi connectivity index (χ0v) is 13.9. The van der Waals surface area contributed by atoms with E-state index < -0.39 is 0 Å². The summed E-state index contributed by atoms with van der Waals surface area (Å²) < 4.78 is 0. The molecule has 2 aromatic rings. The number of rotatable bonds is 8. The van der Waals surface area contributed by atoms with Gasteiger partial charge in [-0.3, -0.25) is 4.79 Å². The van der Waals surface area contributed by atoms with Crippen LogP contribution in [-0.4, -0.2) is 25.5 Å². The van der Waals surface area contributed by atoms with E-state index >= 15 is 0 Å². The van der Waals surface area contributed by atoms with Crippen molar-refractivity contribution in [1.29, 1.82) is 0 Å². The minimum atomic E-state index is -0.0310. The Kier molecular flexibility index (Phi) is 6.63. The third-order valence-electron chi connectivity index (χ3n) is 3.74. The van der Waals surface area contributed by atoms with Crippen LogP contribution >= 0.6 is 0 Å². The largest absolute Gasteiger partial charge is 0.372 e. The Morgan fingerprint density at radius 3 is 2.22 bits per heavy atom. The molecule has 0 heterocycles. The minimum Gasteiger partial charge on any atom is -0.372 e. The SMILES string of the molecule is CCN(CC)c1ccc(NC(=O)CNCc2ccccc2)cc1. The van der Waals surface area contributed by atoms with Gasteiger partial charge >= 0.3 is 0 Å². The van der Waals surface area contributed by atoms with Crippen LogP contribution in [0.2, 0.25) is 0 Å². The predicted octanol–water partition coefficient (Wildman–Crippen LogP) is 3.26. The van der Waals surface area contributed by atoms with E-state index in [0.717, 1.165) is 18.8 Å². The predicted molar refractivity (Wildman–Crippen MR) is 96.8 cm³/mol. The lowest BCUT2D eigenvalue weighted by Crippen LogP contribution is -2.27. The number of hydrogen-bond acceptors (Lipinski definition) is 3. The van der Waals surface area contributed by atoms with E-state index in [0.29, 0.717) is 13.1 Å². The lowest BCUT2D eigenvalue weighted by atomic mass is 10.2. The van der Waals surface area contributed by atoms with E-state index in [-0.39, 0.29) is 5.91 Å². The first-order valence-electron chi connectivity index (χ1n) is 8.12. The summed E-state index contributed by atoms with van der Waals surface area (Å²) in [4.78, 5) is 14.2. The molecule has 4 nitrogen and oxygen atoms in total. The summed E-state index contributed by atoms with van der Waals surface area (Å²) in [5.41, 5.74) is 3.17. The van der Waals surface area contributed by atoms with Gasteiger partial charge in [-0.1, -0.05) is 30.3 Å². The van der Waals surface area contributed by atoms with Crippen LogP contribution in [0.1, 0.15) is 19.4 Å². The average Bonchev–Trinajstić information content (AvgIpc) is 2.58. The third-order valence-corrected chi connectivity index (χ3v) is 3.74. The van der Waals surface area contributed by atoms with Crippen LogP contribution in [-0.2, 0) is 11.3 Å². The first kappa shape index (κ1) is 17.0. The second-order valence-corrected chi connectivity index (χ2v) is 5.36. The maximum atomic E-state index is 11.9. The molecule has 0 atom stereocenters. The molecular weight excluding hydrogens is 286 g/mol. The van der Waals surface area contributed by atoms with Gasteiger partial charge in [-0.15, -0.1) is 0 Å². The van der Waals surface area contributed by atoms with Crippen molar-refractivity contribution in [2.75, 3.05) is 29.9 Å². The number of benzene rings is 2. The highest BCUT2D eigenvalue weighted by Crippen LogP contribution is 2.17. The lowest BCUT2D eigenvalue weighted by Gasteiger charge is -2.21. The van der Waals surface area contributed by atoms with Gasteiger partial charge in [-0.25, -0.2) is 0 Å². The van der Waals surface area contributed by atoms with Gasteiger partial charge in [-0.2, -0.15) is 0 Å². The van der Waals surface area contributed by atoms with Gasteiger partial charge in [0.1, 0.15) is 0 Å². The second-order valence-electron chi connectivity index (χ2n) is 5.36. The van der Waals surface area contributed by atoms with E-state index in [1.165, 1.54) is 11.3 Å². The first-order valence-corrected chi connectivity index (χ1v) is 8.12. The Bertz CT molecular complexity index is 592. The quantitative estimate of drug-likeness (QED) is 0.786. The molecule has 0 aliphatic carbocycles. The Balaban J connectivity index is 1.78. The van der Waals surface area contributed by atoms with Gasteiger partial charge in [0, 0.05) is 31.0 Å². The molecule has 23 heavy (non-hydrogen) atoms. The first-order chi connectivity index (χ1) is 11.2. The molecule has 0 saturated heterocycles. The highest BCUT2D eigenvalue weighted by atomic mass is 16.1. The molecule has 0 radical (unpaired) electrons. The zero-order chi connectivity index (χ0) is 16.5. The Morgan fingerprint density at radius 2 is 1.61 bits per heavy atom. The fourth-order valence-electron chi connectivity index (χ4n) is 2.47. The second kappa shape index (κ2) is 8.96. The molecule has 2 N–H and O–H groups in total. The van der Waals surface area contributed by atoms with Crippen molar-refractivity contribution in [2.45, 2.75) is 20.4 Å². The number of amides is 1. The monoisotopic (exact) mass is 311 g/mol. The van der Waals surface area contributed by atoms with Crippen LogP contribution in [0.15, 0.2) is 54.6 Å². The van der Waals surface area contributed by atoms with Crippen molar-refractivity contribution in [3.05, 3.63) is 60.2 Å². The van der Waals surface area contributed by atoms with E-state index in [1.54, 1.807) is 0 Å². The summed E-state index contributed by atoms with van der Waals surface area (Å²) in [6.07, 6.45) is 0. The molecular formula is C19H25N3O. The summed E-state index contributed by atoms with van der Waals surface area (Å²) in [6.45, 7) is 7.22. The molecule has 0 spiro atoms. The van der Waals surface area contributed by atoms with Gasteiger partial charge in [0.15, 0.2) is 0 Å². The zero-order valence-electron chi connectivity index (χ0n) is 13.9. The van der Waals surface area contributed by atoms with Crippen molar-refractivity contribution < 1.29 is 4.79 Å². The van der Waals surface area contributed by atoms with Crippen molar-refractivity contribution in [2.24, 2.45) is 0 Å². The van der Waals surface area contributed by atoms with Gasteiger partial charge in [0.05, 0.1) is 6.54 Å². The number of hydrogen-bond donors (Lipinski definition) is 2. The van der Waals surface area contributed by atoms with E-state index in [1.807, 2.05) is 54.6 Å². The van der Waals surface area contributed by atoms with Crippen LogP contribution in [0.5, 0.6) is 0 Å². The maximum absolute atomic E-state index is 11.9. The van der Waals surface area contributed by atoms with E-state index in [2.05, 4.69) is 29.4 Å². The van der Waals surface area contributed by atoms with Crippen molar-refractivity contribution in [1.82, 2.24) is 5.32 Å². The molecule has 0 unspecified atom stereocenters. The fourth-order valence-corrected chi connectivity index (χ4v) is 2.47. The normalized spacial score (nSPS) is 10.3. The van der Waals surface area contributed by atoms with E-state index in [4.69, 9.17) is 0 Å². The van der Waals surface area contributed by atoms with Gasteiger partial charge < -0.3 is 15.5 Å². The minimum absolute atomic E-state index is 0.0310. The van der Waals surface area contributed by atoms with Crippen LogP contribution in [0.4, 0.5) is 11.4 Å². The molecule has 1 amide bonds. The van der Waals surface area contributed by atoms with Gasteiger partial charge in [-0.05, 0) is 43.7 Å². The van der Waals surface area contributed by atoms with Crippen molar-refractivity contribution in [3.63, 3.8) is 0 Å².